The Morgan fingerprint density at radius 2 is 1.88 bits per heavy atom. The number of ketones is 2. The van der Waals surface area contributed by atoms with Crippen LogP contribution in [0.15, 0.2) is 24.3 Å². The molecule has 0 saturated carbocycles. The van der Waals surface area contributed by atoms with Crippen LogP contribution >= 0.6 is 0 Å². The van der Waals surface area contributed by atoms with Crippen molar-refractivity contribution in [3.8, 4) is 11.5 Å². The molecule has 2 aromatic rings. The summed E-state index contributed by atoms with van der Waals surface area (Å²) in [6.07, 6.45) is 0.378. The molecule has 0 saturated heterocycles. The smallest absolute Gasteiger partial charge is 0.307 e. The van der Waals surface area contributed by atoms with E-state index < -0.39 is 11.9 Å². The molecule has 0 aliphatic heterocycles. The summed E-state index contributed by atoms with van der Waals surface area (Å²) < 4.78 is 5.28. The predicted molar refractivity (Wildman–Crippen MR) is 91.1 cm³/mol. The van der Waals surface area contributed by atoms with Crippen LogP contribution in [0.4, 0.5) is 0 Å². The molecule has 6 heteroatoms. The van der Waals surface area contributed by atoms with Crippen LogP contribution in [0.25, 0.3) is 0 Å². The second kappa shape index (κ2) is 5.69. The molecule has 0 spiro atoms. The maximum absolute atomic E-state index is 13.0. The van der Waals surface area contributed by atoms with Gasteiger partial charge in [0.15, 0.2) is 5.78 Å². The number of rotatable bonds is 2. The monoisotopic (exact) mass is 352 g/mol. The van der Waals surface area contributed by atoms with Crippen molar-refractivity contribution in [1.82, 2.24) is 0 Å². The van der Waals surface area contributed by atoms with E-state index in [0.29, 0.717) is 34.4 Å². The minimum atomic E-state index is -1.03. The third kappa shape index (κ3) is 2.22. The molecule has 0 heterocycles. The zero-order valence-corrected chi connectivity index (χ0v) is 14.0. The lowest BCUT2D eigenvalue weighted by Gasteiger charge is -2.28. The first-order valence-electron chi connectivity index (χ1n) is 8.26. The first kappa shape index (κ1) is 16.3. The van der Waals surface area contributed by atoms with Crippen molar-refractivity contribution < 1.29 is 29.3 Å². The fraction of sp³-hybridized carbons (Fsp3) is 0.250. The Hall–Kier alpha value is -3.15. The molecule has 0 bridgehead atoms. The summed E-state index contributed by atoms with van der Waals surface area (Å²) in [7, 11) is 1.47. The van der Waals surface area contributed by atoms with Gasteiger partial charge in [0.25, 0.3) is 0 Å². The number of carbonyl (C=O) groups excluding carboxylic acids is 2. The van der Waals surface area contributed by atoms with E-state index in [9.17, 15) is 24.6 Å². The lowest BCUT2D eigenvalue weighted by Crippen LogP contribution is -2.29. The van der Waals surface area contributed by atoms with Gasteiger partial charge < -0.3 is 14.9 Å². The molecule has 6 nitrogen and oxygen atoms in total. The van der Waals surface area contributed by atoms with Crippen molar-refractivity contribution in [2.75, 3.05) is 7.11 Å². The van der Waals surface area contributed by atoms with E-state index in [4.69, 9.17) is 4.74 Å². The Bertz CT molecular complexity index is 988. The zero-order chi connectivity index (χ0) is 18.6. The molecule has 26 heavy (non-hydrogen) atoms. The van der Waals surface area contributed by atoms with Crippen molar-refractivity contribution in [1.29, 1.82) is 0 Å². The quantitative estimate of drug-likeness (QED) is 0.734. The Morgan fingerprint density at radius 1 is 1.12 bits per heavy atom. The molecule has 0 aromatic heterocycles. The second-order valence-corrected chi connectivity index (χ2v) is 6.65. The van der Waals surface area contributed by atoms with Crippen LogP contribution < -0.4 is 4.74 Å². The molecule has 0 radical (unpaired) electrons. The largest absolute Gasteiger partial charge is 0.507 e. The first-order chi connectivity index (χ1) is 12.4. The molecule has 4 rings (SSSR count). The van der Waals surface area contributed by atoms with E-state index in [1.54, 1.807) is 18.2 Å². The van der Waals surface area contributed by atoms with Crippen molar-refractivity contribution in [3.63, 3.8) is 0 Å². The van der Waals surface area contributed by atoms with E-state index in [0.717, 1.165) is 5.56 Å². The first-order valence-corrected chi connectivity index (χ1v) is 8.26. The van der Waals surface area contributed by atoms with Gasteiger partial charge in [0.1, 0.15) is 11.5 Å². The fourth-order valence-corrected chi connectivity index (χ4v) is 4.03. The molecule has 2 aliphatic rings. The van der Waals surface area contributed by atoms with Gasteiger partial charge in [-0.15, -0.1) is 0 Å². The lowest BCUT2D eigenvalue weighted by molar-refractivity contribution is -0.141. The Morgan fingerprint density at radius 3 is 2.58 bits per heavy atom. The van der Waals surface area contributed by atoms with Crippen molar-refractivity contribution >= 4 is 17.5 Å². The molecule has 1 unspecified atom stereocenters. The molecular formula is C20H16O6. The van der Waals surface area contributed by atoms with E-state index in [2.05, 4.69) is 0 Å². The Labute approximate surface area is 149 Å². The summed E-state index contributed by atoms with van der Waals surface area (Å²) in [6, 6.07) is 6.61. The molecule has 1 atom stereocenters. The number of Topliss-reactive ketones (excluding diaryl/α,β-unsaturated/α-hetero) is 1. The third-order valence-electron chi connectivity index (χ3n) is 5.17. The van der Waals surface area contributed by atoms with E-state index in [-0.39, 0.29) is 35.7 Å². The number of ether oxygens (including phenoxy) is 1. The van der Waals surface area contributed by atoms with Crippen LogP contribution in [0.1, 0.15) is 49.4 Å². The number of phenolic OH excluding ortho intramolecular Hbond substituents is 1. The van der Waals surface area contributed by atoms with Crippen molar-refractivity contribution in [2.24, 2.45) is 5.92 Å². The number of carboxylic acids is 1. The van der Waals surface area contributed by atoms with Gasteiger partial charge in [-0.1, -0.05) is 12.1 Å². The number of aliphatic carboxylic acids is 1. The minimum absolute atomic E-state index is 0.0985. The molecule has 2 N–H and O–H groups in total. The van der Waals surface area contributed by atoms with Crippen LogP contribution in [0, 0.1) is 5.92 Å². The van der Waals surface area contributed by atoms with Gasteiger partial charge >= 0.3 is 5.97 Å². The second-order valence-electron chi connectivity index (χ2n) is 6.65. The summed E-state index contributed by atoms with van der Waals surface area (Å²) >= 11 is 0. The van der Waals surface area contributed by atoms with E-state index >= 15 is 0 Å². The maximum Gasteiger partial charge on any atom is 0.307 e. The normalized spacial score (nSPS) is 18.0. The highest BCUT2D eigenvalue weighted by Crippen LogP contribution is 2.42. The van der Waals surface area contributed by atoms with Gasteiger partial charge in [-0.25, -0.2) is 0 Å². The topological polar surface area (TPSA) is 101 Å². The predicted octanol–water partition coefficient (Wildman–Crippen LogP) is 2.37. The standard InChI is InChI=1S/C20H16O6/c1-26-15-4-2-3-9-6-12-16-10(5-11(20(24)25)8-13(16)21)7-14(22)18(12)19(23)17(9)15/h2-4,7,11,22H,5-6,8H2,1H3,(H,24,25). The maximum atomic E-state index is 13.0. The van der Waals surface area contributed by atoms with Gasteiger partial charge in [-0.05, 0) is 41.7 Å². The third-order valence-corrected chi connectivity index (χ3v) is 5.17. The van der Waals surface area contributed by atoms with E-state index in [1.807, 2.05) is 0 Å². The summed E-state index contributed by atoms with van der Waals surface area (Å²) in [5, 5.41) is 19.7. The SMILES string of the molecule is COc1cccc2c1C(=O)c1c(O)cc3c(c1C2)C(=O)CC(C(=O)O)C3. The number of aromatic hydroxyl groups is 1. The highest BCUT2D eigenvalue weighted by molar-refractivity contribution is 6.17. The van der Waals surface area contributed by atoms with Crippen LogP contribution in [0.3, 0.4) is 0 Å². The van der Waals surface area contributed by atoms with Gasteiger partial charge in [0, 0.05) is 12.0 Å². The highest BCUT2D eigenvalue weighted by atomic mass is 16.5. The number of fused-ring (bicyclic) bond motifs is 4. The number of benzene rings is 2. The Kier molecular flexibility index (Phi) is 3.57. The number of hydrogen-bond donors (Lipinski definition) is 2. The Balaban J connectivity index is 1.93. The molecule has 0 amide bonds. The molecule has 2 aliphatic carbocycles. The van der Waals surface area contributed by atoms with Crippen molar-refractivity contribution in [2.45, 2.75) is 19.3 Å². The van der Waals surface area contributed by atoms with Gasteiger partial charge in [0.05, 0.1) is 24.2 Å². The summed E-state index contributed by atoms with van der Waals surface area (Å²) in [6.45, 7) is 0. The van der Waals surface area contributed by atoms with Gasteiger partial charge in [-0.3, -0.25) is 14.4 Å². The van der Waals surface area contributed by atoms with Crippen molar-refractivity contribution in [3.05, 3.63) is 57.6 Å². The van der Waals surface area contributed by atoms with Crippen LogP contribution in [0.5, 0.6) is 11.5 Å². The number of hydrogen-bond acceptors (Lipinski definition) is 5. The summed E-state index contributed by atoms with van der Waals surface area (Å²) in [4.78, 5) is 37.0. The van der Waals surface area contributed by atoms with E-state index in [1.165, 1.54) is 13.2 Å². The highest BCUT2D eigenvalue weighted by Gasteiger charge is 2.37. The van der Waals surface area contributed by atoms with Crippen LogP contribution in [0.2, 0.25) is 0 Å². The molecule has 132 valence electrons. The average Bonchev–Trinajstić information content (AvgIpc) is 2.60. The summed E-state index contributed by atoms with van der Waals surface area (Å²) in [5.41, 5.74) is 2.59. The number of methoxy groups -OCH3 is 1. The van der Waals surface area contributed by atoms with Crippen LogP contribution in [-0.4, -0.2) is 34.9 Å². The fourth-order valence-electron chi connectivity index (χ4n) is 4.03. The zero-order valence-electron chi connectivity index (χ0n) is 14.0. The molecule has 0 fully saturated rings. The molecular weight excluding hydrogens is 336 g/mol. The van der Waals surface area contributed by atoms with Gasteiger partial charge in [0.2, 0.25) is 5.78 Å². The van der Waals surface area contributed by atoms with Crippen LogP contribution in [-0.2, 0) is 17.6 Å². The number of carboxylic acid groups (broad SMARTS) is 1. The molecule has 2 aromatic carbocycles. The minimum Gasteiger partial charge on any atom is -0.507 e. The van der Waals surface area contributed by atoms with Gasteiger partial charge in [-0.2, -0.15) is 0 Å². The lowest BCUT2D eigenvalue weighted by atomic mass is 9.74. The summed E-state index contributed by atoms with van der Waals surface area (Å²) in [5.74, 6) is -2.32. The average molecular weight is 352 g/mol. The number of phenols is 1. The number of carbonyl (C=O) groups is 3.